The number of hydrogen-bond acceptors (Lipinski definition) is 2. The van der Waals surface area contributed by atoms with Gasteiger partial charge in [0.15, 0.2) is 0 Å². The van der Waals surface area contributed by atoms with Gasteiger partial charge in [0.2, 0.25) is 0 Å². The van der Waals surface area contributed by atoms with Crippen molar-refractivity contribution < 1.29 is 9.13 Å². The molecule has 88 valence electrons. The summed E-state index contributed by atoms with van der Waals surface area (Å²) in [6, 6.07) is 6.83. The number of methoxy groups -OCH3 is 1. The molecule has 0 bridgehead atoms. The molecule has 1 fully saturated rings. The van der Waals surface area contributed by atoms with Crippen LogP contribution in [0, 0.1) is 11.7 Å². The second kappa shape index (κ2) is 4.52. The largest absolute Gasteiger partial charge is 0.384 e. The molecular weight excluding hydrogens is 205 g/mol. The first kappa shape index (κ1) is 11.6. The van der Waals surface area contributed by atoms with Gasteiger partial charge in [-0.25, -0.2) is 4.39 Å². The summed E-state index contributed by atoms with van der Waals surface area (Å²) >= 11 is 0. The molecule has 0 heterocycles. The molecule has 16 heavy (non-hydrogen) atoms. The quantitative estimate of drug-likeness (QED) is 0.848. The van der Waals surface area contributed by atoms with E-state index >= 15 is 0 Å². The number of halogens is 1. The molecule has 0 spiro atoms. The highest BCUT2D eigenvalue weighted by Crippen LogP contribution is 2.47. The number of rotatable bonds is 4. The molecule has 2 rings (SSSR count). The molecule has 3 heteroatoms. The van der Waals surface area contributed by atoms with Crippen LogP contribution in [-0.4, -0.2) is 20.3 Å². The van der Waals surface area contributed by atoms with Gasteiger partial charge in [0.05, 0.1) is 6.61 Å². The van der Waals surface area contributed by atoms with E-state index in [2.05, 4.69) is 0 Å². The minimum absolute atomic E-state index is 0.0130. The van der Waals surface area contributed by atoms with Crippen LogP contribution in [0.1, 0.15) is 18.4 Å². The predicted molar refractivity (Wildman–Crippen MR) is 61.7 cm³/mol. The molecule has 0 radical (unpaired) electrons. The molecule has 2 N–H and O–H groups in total. The van der Waals surface area contributed by atoms with Crippen LogP contribution in [0.4, 0.5) is 4.39 Å². The van der Waals surface area contributed by atoms with E-state index in [-0.39, 0.29) is 11.2 Å². The summed E-state index contributed by atoms with van der Waals surface area (Å²) in [5.41, 5.74) is 6.67. The zero-order chi connectivity index (χ0) is 11.6. The highest BCUT2D eigenvalue weighted by molar-refractivity contribution is 5.29. The first-order valence-electron chi connectivity index (χ1n) is 5.65. The van der Waals surface area contributed by atoms with Crippen molar-refractivity contribution >= 4 is 0 Å². The topological polar surface area (TPSA) is 35.2 Å². The Hall–Kier alpha value is -0.930. The van der Waals surface area contributed by atoms with Crippen molar-refractivity contribution in [1.82, 2.24) is 0 Å². The average molecular weight is 223 g/mol. The fourth-order valence-corrected chi connectivity index (χ4v) is 2.74. The van der Waals surface area contributed by atoms with Crippen molar-refractivity contribution in [3.8, 4) is 0 Å². The summed E-state index contributed by atoms with van der Waals surface area (Å²) in [4.78, 5) is 0. The van der Waals surface area contributed by atoms with Crippen LogP contribution in [0.2, 0.25) is 0 Å². The Bertz CT molecular complexity index is 361. The molecule has 1 saturated carbocycles. The van der Waals surface area contributed by atoms with E-state index in [1.165, 1.54) is 6.07 Å². The van der Waals surface area contributed by atoms with Crippen LogP contribution in [-0.2, 0) is 10.2 Å². The lowest BCUT2D eigenvalue weighted by Crippen LogP contribution is -2.47. The number of ether oxygens (including phenoxy) is 1. The van der Waals surface area contributed by atoms with E-state index in [0.717, 1.165) is 18.4 Å². The molecule has 1 aliphatic rings. The Morgan fingerprint density at radius 2 is 2.25 bits per heavy atom. The van der Waals surface area contributed by atoms with Crippen LogP contribution < -0.4 is 5.73 Å². The van der Waals surface area contributed by atoms with E-state index in [4.69, 9.17) is 10.5 Å². The van der Waals surface area contributed by atoms with E-state index in [9.17, 15) is 4.39 Å². The highest BCUT2D eigenvalue weighted by Gasteiger charge is 2.44. The van der Waals surface area contributed by atoms with Gasteiger partial charge in [-0.3, -0.25) is 0 Å². The molecular formula is C13H18FNO. The normalized spacial score (nSPS) is 28.8. The van der Waals surface area contributed by atoms with Crippen LogP contribution >= 0.6 is 0 Å². The Balaban J connectivity index is 2.21. The third kappa shape index (κ3) is 1.97. The summed E-state index contributed by atoms with van der Waals surface area (Å²) < 4.78 is 18.5. The predicted octanol–water partition coefficient (Wildman–Crippen LogP) is 2.08. The molecule has 1 aliphatic carbocycles. The van der Waals surface area contributed by atoms with Gasteiger partial charge in [-0.1, -0.05) is 12.1 Å². The lowest BCUT2D eigenvalue weighted by Gasteiger charge is -2.47. The van der Waals surface area contributed by atoms with Crippen molar-refractivity contribution in [2.45, 2.75) is 18.3 Å². The van der Waals surface area contributed by atoms with Crippen molar-refractivity contribution in [3.63, 3.8) is 0 Å². The summed E-state index contributed by atoms with van der Waals surface area (Å²) in [5, 5.41) is 0. The Labute approximate surface area is 95.6 Å². The molecule has 0 aromatic heterocycles. The molecule has 1 aromatic rings. The Kier molecular flexibility index (Phi) is 3.26. The van der Waals surface area contributed by atoms with E-state index < -0.39 is 0 Å². The van der Waals surface area contributed by atoms with Gasteiger partial charge in [-0.15, -0.1) is 0 Å². The zero-order valence-electron chi connectivity index (χ0n) is 9.58. The first-order chi connectivity index (χ1) is 7.70. The molecule has 0 unspecified atom stereocenters. The highest BCUT2D eigenvalue weighted by atomic mass is 19.1. The van der Waals surface area contributed by atoms with Gasteiger partial charge in [0, 0.05) is 12.5 Å². The second-order valence-electron chi connectivity index (χ2n) is 4.73. The van der Waals surface area contributed by atoms with Crippen molar-refractivity contribution in [1.29, 1.82) is 0 Å². The summed E-state index contributed by atoms with van der Waals surface area (Å²) in [7, 11) is 1.69. The number of hydrogen-bond donors (Lipinski definition) is 1. The second-order valence-corrected chi connectivity index (χ2v) is 4.73. The minimum Gasteiger partial charge on any atom is -0.384 e. The molecule has 0 aliphatic heterocycles. The van der Waals surface area contributed by atoms with Crippen LogP contribution in [0.15, 0.2) is 24.3 Å². The maximum atomic E-state index is 13.2. The molecule has 0 amide bonds. The summed E-state index contributed by atoms with van der Waals surface area (Å²) in [5.74, 6) is 0.377. The summed E-state index contributed by atoms with van der Waals surface area (Å²) in [6.45, 7) is 1.35. The van der Waals surface area contributed by atoms with Crippen molar-refractivity contribution in [2.24, 2.45) is 11.7 Å². The van der Waals surface area contributed by atoms with Crippen molar-refractivity contribution in [2.75, 3.05) is 20.3 Å². The Morgan fingerprint density at radius 1 is 1.50 bits per heavy atom. The average Bonchev–Trinajstić information content (AvgIpc) is 2.23. The van der Waals surface area contributed by atoms with Crippen LogP contribution in [0.5, 0.6) is 0 Å². The standard InChI is InChI=1S/C13H18FNO/c1-16-9-13(6-10(7-13)8-15)11-3-2-4-12(14)5-11/h2-5,10H,6-9,15H2,1H3. The minimum atomic E-state index is -0.177. The smallest absolute Gasteiger partial charge is 0.123 e. The van der Waals surface area contributed by atoms with Crippen molar-refractivity contribution in [3.05, 3.63) is 35.6 Å². The zero-order valence-corrected chi connectivity index (χ0v) is 9.58. The number of benzene rings is 1. The van der Waals surface area contributed by atoms with Gasteiger partial charge in [-0.05, 0) is 43.0 Å². The lowest BCUT2D eigenvalue weighted by molar-refractivity contribution is 0.0421. The van der Waals surface area contributed by atoms with Gasteiger partial charge in [-0.2, -0.15) is 0 Å². The van der Waals surface area contributed by atoms with E-state index in [0.29, 0.717) is 19.1 Å². The third-order valence-electron chi connectivity index (χ3n) is 3.55. The fourth-order valence-electron chi connectivity index (χ4n) is 2.74. The van der Waals surface area contributed by atoms with Crippen LogP contribution in [0.3, 0.4) is 0 Å². The SMILES string of the molecule is COCC1(c2cccc(F)c2)CC(CN)C1. The maximum Gasteiger partial charge on any atom is 0.123 e. The van der Waals surface area contributed by atoms with Crippen LogP contribution in [0.25, 0.3) is 0 Å². The third-order valence-corrected chi connectivity index (χ3v) is 3.55. The maximum absolute atomic E-state index is 13.2. The lowest BCUT2D eigenvalue weighted by atomic mass is 9.59. The van der Waals surface area contributed by atoms with Gasteiger partial charge >= 0.3 is 0 Å². The first-order valence-corrected chi connectivity index (χ1v) is 5.65. The van der Waals surface area contributed by atoms with Gasteiger partial charge in [0.1, 0.15) is 5.82 Å². The molecule has 0 atom stereocenters. The fraction of sp³-hybridized carbons (Fsp3) is 0.538. The number of nitrogens with two attached hydrogens (primary N) is 1. The molecule has 1 aromatic carbocycles. The molecule has 2 nitrogen and oxygen atoms in total. The Morgan fingerprint density at radius 3 is 2.81 bits per heavy atom. The van der Waals surface area contributed by atoms with Gasteiger partial charge in [0.25, 0.3) is 0 Å². The monoisotopic (exact) mass is 223 g/mol. The van der Waals surface area contributed by atoms with Gasteiger partial charge < -0.3 is 10.5 Å². The molecule has 0 saturated heterocycles. The van der Waals surface area contributed by atoms with E-state index in [1.807, 2.05) is 6.07 Å². The van der Waals surface area contributed by atoms with E-state index in [1.54, 1.807) is 19.2 Å². The summed E-state index contributed by atoms with van der Waals surface area (Å²) in [6.07, 6.45) is 2.00.